The van der Waals surface area contributed by atoms with Gasteiger partial charge in [0.2, 0.25) is 10.0 Å². The van der Waals surface area contributed by atoms with E-state index in [2.05, 4.69) is 10.3 Å². The van der Waals surface area contributed by atoms with E-state index in [0.717, 1.165) is 41.7 Å². The highest BCUT2D eigenvalue weighted by atomic mass is 32.2. The molecule has 2 aromatic carbocycles. The van der Waals surface area contributed by atoms with Gasteiger partial charge in [0.15, 0.2) is 5.78 Å². The van der Waals surface area contributed by atoms with Crippen molar-refractivity contribution in [3.63, 3.8) is 0 Å². The number of sulfonamides is 1. The van der Waals surface area contributed by atoms with Crippen LogP contribution in [0.25, 0.3) is 5.70 Å². The topological polar surface area (TPSA) is 57.7 Å². The SMILES string of the molecule is CCN(CC)S(=O)(=O)c1cc(C(=O)C2=C3SC=C(c4ccccc4)N3CCCC2)ccc1F. The van der Waals surface area contributed by atoms with E-state index in [0.29, 0.717) is 12.0 Å². The summed E-state index contributed by atoms with van der Waals surface area (Å²) in [7, 11) is -4.02. The van der Waals surface area contributed by atoms with Crippen LogP contribution in [0.2, 0.25) is 0 Å². The number of thioether (sulfide) groups is 1. The fourth-order valence-electron chi connectivity index (χ4n) is 4.25. The van der Waals surface area contributed by atoms with Crippen molar-refractivity contribution in [3.8, 4) is 0 Å². The summed E-state index contributed by atoms with van der Waals surface area (Å²) in [5.74, 6) is -1.09. The van der Waals surface area contributed by atoms with E-state index in [9.17, 15) is 17.6 Å². The van der Waals surface area contributed by atoms with Crippen molar-refractivity contribution >= 4 is 33.3 Å². The van der Waals surface area contributed by atoms with Crippen LogP contribution in [0.3, 0.4) is 0 Å². The molecule has 5 nitrogen and oxygen atoms in total. The predicted octanol–water partition coefficient (Wildman–Crippen LogP) is 5.48. The molecule has 8 heteroatoms. The first-order valence-electron chi connectivity index (χ1n) is 11.2. The number of ketones is 1. The number of benzene rings is 2. The highest BCUT2D eigenvalue weighted by Gasteiger charge is 2.32. The number of allylic oxidation sites excluding steroid dienone is 1. The fourth-order valence-corrected chi connectivity index (χ4v) is 6.93. The molecule has 0 radical (unpaired) electrons. The number of carbonyl (C=O) groups is 1. The second-order valence-corrected chi connectivity index (χ2v) is 10.7. The first-order valence-corrected chi connectivity index (χ1v) is 13.5. The van der Waals surface area contributed by atoms with Crippen LogP contribution in [-0.2, 0) is 10.0 Å². The molecule has 2 aliphatic heterocycles. The number of Topliss-reactive ketones (excluding diaryl/α,β-unsaturated/α-hetero) is 1. The van der Waals surface area contributed by atoms with Crippen molar-refractivity contribution < 1.29 is 17.6 Å². The van der Waals surface area contributed by atoms with Crippen LogP contribution >= 0.6 is 11.8 Å². The lowest BCUT2D eigenvalue weighted by molar-refractivity contribution is 0.102. The van der Waals surface area contributed by atoms with E-state index in [1.54, 1.807) is 13.8 Å². The molecule has 0 unspecified atom stereocenters. The number of hydrogen-bond donors (Lipinski definition) is 0. The van der Waals surface area contributed by atoms with Gasteiger partial charge in [0.05, 0.1) is 10.7 Å². The maximum atomic E-state index is 14.6. The Hall–Kier alpha value is -2.42. The molecular formula is C25H27FN2O3S2. The minimum atomic E-state index is -4.02. The van der Waals surface area contributed by atoms with E-state index in [-0.39, 0.29) is 24.4 Å². The van der Waals surface area contributed by atoms with Crippen molar-refractivity contribution in [1.82, 2.24) is 9.21 Å². The standard InChI is InChI=1S/C25H27FN2O3S2/c1-3-27(4-2)33(30,31)23-16-19(13-14-21(23)26)24(29)20-12-8-9-15-28-22(17-32-25(20)28)18-10-6-5-7-11-18/h5-7,10-11,13-14,16-17H,3-4,8-9,12,15H2,1-2H3. The molecule has 0 saturated heterocycles. The molecule has 0 atom stereocenters. The Labute approximate surface area is 199 Å². The van der Waals surface area contributed by atoms with E-state index in [1.807, 2.05) is 30.3 Å². The molecular weight excluding hydrogens is 459 g/mol. The molecule has 0 spiro atoms. The van der Waals surface area contributed by atoms with Crippen LogP contribution in [0, 0.1) is 5.82 Å². The Morgan fingerprint density at radius 3 is 2.52 bits per heavy atom. The third kappa shape index (κ3) is 4.52. The van der Waals surface area contributed by atoms with E-state index in [4.69, 9.17) is 0 Å². The van der Waals surface area contributed by atoms with Gasteiger partial charge in [0.1, 0.15) is 10.7 Å². The Morgan fingerprint density at radius 1 is 1.09 bits per heavy atom. The summed E-state index contributed by atoms with van der Waals surface area (Å²) in [6.45, 7) is 4.67. The van der Waals surface area contributed by atoms with Crippen LogP contribution in [0.4, 0.5) is 4.39 Å². The molecule has 4 rings (SSSR count). The van der Waals surface area contributed by atoms with E-state index >= 15 is 0 Å². The fraction of sp³-hybridized carbons (Fsp3) is 0.320. The molecule has 0 aromatic heterocycles. The van der Waals surface area contributed by atoms with Crippen LogP contribution in [-0.4, -0.2) is 43.0 Å². The van der Waals surface area contributed by atoms with Crippen molar-refractivity contribution in [3.05, 3.63) is 81.5 Å². The van der Waals surface area contributed by atoms with Gasteiger partial charge in [0, 0.05) is 36.2 Å². The summed E-state index contributed by atoms with van der Waals surface area (Å²) in [5.41, 5.74) is 2.99. The molecule has 2 heterocycles. The lowest BCUT2D eigenvalue weighted by atomic mass is 10.00. The first-order chi connectivity index (χ1) is 15.9. The maximum absolute atomic E-state index is 14.6. The number of halogens is 1. The predicted molar refractivity (Wildman–Crippen MR) is 130 cm³/mol. The zero-order chi connectivity index (χ0) is 23.6. The Kier molecular flexibility index (Phi) is 7.07. The molecule has 33 heavy (non-hydrogen) atoms. The number of fused-ring (bicyclic) bond motifs is 1. The largest absolute Gasteiger partial charge is 0.335 e. The van der Waals surface area contributed by atoms with Gasteiger partial charge in [-0.3, -0.25) is 4.79 Å². The second kappa shape index (κ2) is 9.83. The first kappa shape index (κ1) is 23.7. The average Bonchev–Trinajstić information content (AvgIpc) is 3.12. The smallest absolute Gasteiger partial charge is 0.245 e. The molecule has 0 saturated carbocycles. The molecule has 0 N–H and O–H groups in total. The Bertz CT molecular complexity index is 1220. The van der Waals surface area contributed by atoms with Crippen molar-refractivity contribution in [2.45, 2.75) is 38.0 Å². The number of nitrogens with zero attached hydrogens (tertiary/aromatic N) is 2. The average molecular weight is 487 g/mol. The van der Waals surface area contributed by atoms with Gasteiger partial charge in [0.25, 0.3) is 0 Å². The summed E-state index contributed by atoms with van der Waals surface area (Å²) in [6, 6.07) is 13.7. The van der Waals surface area contributed by atoms with Crippen LogP contribution in [0.15, 0.2) is 69.4 Å². The molecule has 2 aromatic rings. The van der Waals surface area contributed by atoms with Crippen molar-refractivity contribution in [2.75, 3.05) is 19.6 Å². The Balaban J connectivity index is 1.72. The summed E-state index contributed by atoms with van der Waals surface area (Å²) in [4.78, 5) is 15.3. The van der Waals surface area contributed by atoms with Gasteiger partial charge in [-0.2, -0.15) is 4.31 Å². The van der Waals surface area contributed by atoms with Crippen molar-refractivity contribution in [1.29, 1.82) is 0 Å². The van der Waals surface area contributed by atoms with Gasteiger partial charge >= 0.3 is 0 Å². The third-order valence-electron chi connectivity index (χ3n) is 6.00. The third-order valence-corrected chi connectivity index (χ3v) is 9.09. The van der Waals surface area contributed by atoms with Gasteiger partial charge in [-0.05, 0) is 43.0 Å². The Morgan fingerprint density at radius 2 is 1.82 bits per heavy atom. The zero-order valence-corrected chi connectivity index (χ0v) is 20.4. The summed E-state index contributed by atoms with van der Waals surface area (Å²) in [5, 5.41) is 2.94. The van der Waals surface area contributed by atoms with Crippen LogP contribution < -0.4 is 0 Å². The lowest BCUT2D eigenvalue weighted by Crippen LogP contribution is -2.31. The van der Waals surface area contributed by atoms with Crippen molar-refractivity contribution in [2.24, 2.45) is 0 Å². The minimum Gasteiger partial charge on any atom is -0.335 e. The molecule has 0 fully saturated rings. The molecule has 0 aliphatic carbocycles. The molecule has 0 amide bonds. The van der Waals surface area contributed by atoms with Gasteiger partial charge in [-0.25, -0.2) is 12.8 Å². The highest BCUT2D eigenvalue weighted by molar-refractivity contribution is 8.06. The van der Waals surface area contributed by atoms with Gasteiger partial charge in [-0.1, -0.05) is 55.9 Å². The second-order valence-electron chi connectivity index (χ2n) is 7.94. The number of carbonyl (C=O) groups excluding carboxylic acids is 1. The summed E-state index contributed by atoms with van der Waals surface area (Å²) < 4.78 is 41.7. The monoisotopic (exact) mass is 486 g/mol. The van der Waals surface area contributed by atoms with Gasteiger partial charge in [-0.15, -0.1) is 0 Å². The maximum Gasteiger partial charge on any atom is 0.245 e. The molecule has 174 valence electrons. The van der Waals surface area contributed by atoms with E-state index < -0.39 is 20.7 Å². The minimum absolute atomic E-state index is 0.195. The quantitative estimate of drug-likeness (QED) is 0.485. The molecule has 2 aliphatic rings. The zero-order valence-electron chi connectivity index (χ0n) is 18.8. The van der Waals surface area contributed by atoms with Crippen LogP contribution in [0.1, 0.15) is 49.0 Å². The van der Waals surface area contributed by atoms with E-state index in [1.165, 1.54) is 28.2 Å². The summed E-state index contributed by atoms with van der Waals surface area (Å²) >= 11 is 1.52. The van der Waals surface area contributed by atoms with Gasteiger partial charge < -0.3 is 4.90 Å². The number of hydrogen-bond acceptors (Lipinski definition) is 5. The highest BCUT2D eigenvalue weighted by Crippen LogP contribution is 2.44. The van der Waals surface area contributed by atoms with Crippen LogP contribution in [0.5, 0.6) is 0 Å². The lowest BCUT2D eigenvalue weighted by Gasteiger charge is -2.23. The summed E-state index contributed by atoms with van der Waals surface area (Å²) in [6.07, 6.45) is 2.40. The molecule has 0 bridgehead atoms. The number of rotatable bonds is 7. The normalized spacial score (nSPS) is 16.6.